The zero-order valence-electron chi connectivity index (χ0n) is 13.8. The molecule has 23 heavy (non-hydrogen) atoms. The second kappa shape index (κ2) is 6.64. The maximum absolute atomic E-state index is 12.6. The molecule has 1 aromatic heterocycles. The van der Waals surface area contributed by atoms with E-state index in [9.17, 15) is 9.59 Å². The predicted octanol–water partition coefficient (Wildman–Crippen LogP) is 2.29. The van der Waals surface area contributed by atoms with Crippen LogP contribution in [-0.4, -0.2) is 26.8 Å². The Balaban J connectivity index is 2.33. The van der Waals surface area contributed by atoms with E-state index in [1.54, 1.807) is 18.7 Å². The maximum Gasteiger partial charge on any atom is 0.305 e. The quantitative estimate of drug-likeness (QED) is 0.886. The van der Waals surface area contributed by atoms with Crippen LogP contribution in [-0.2, 0) is 11.8 Å². The minimum atomic E-state index is -0.960. The number of benzene rings is 1. The van der Waals surface area contributed by atoms with Gasteiger partial charge in [-0.05, 0) is 31.9 Å². The highest BCUT2D eigenvalue weighted by Crippen LogP contribution is 2.22. The minimum absolute atomic E-state index is 0.172. The first-order valence-corrected chi connectivity index (χ1v) is 7.39. The van der Waals surface area contributed by atoms with Gasteiger partial charge in [-0.2, -0.15) is 5.10 Å². The second-order valence-corrected chi connectivity index (χ2v) is 5.65. The number of nitrogens with one attached hydrogen (secondary N) is 1. The van der Waals surface area contributed by atoms with E-state index in [4.69, 9.17) is 5.11 Å². The number of aromatic nitrogens is 2. The molecule has 122 valence electrons. The van der Waals surface area contributed by atoms with Crippen molar-refractivity contribution in [1.82, 2.24) is 15.1 Å². The molecule has 0 aliphatic heterocycles. The standard InChI is InChI=1S/C17H21N3O3/c1-10-7-5-6-8-13(10)14(9-15(21)22)18-17(23)16-11(2)19-20(4)12(16)3/h5-8,14H,9H2,1-4H3,(H,18,23)(H,21,22). The third-order valence-corrected chi connectivity index (χ3v) is 3.98. The number of nitrogens with zero attached hydrogens (tertiary/aromatic N) is 2. The van der Waals surface area contributed by atoms with Gasteiger partial charge in [-0.1, -0.05) is 24.3 Å². The van der Waals surface area contributed by atoms with Crippen LogP contribution in [0, 0.1) is 20.8 Å². The third-order valence-electron chi connectivity index (χ3n) is 3.98. The number of carboxylic acid groups (broad SMARTS) is 1. The van der Waals surface area contributed by atoms with Crippen molar-refractivity contribution in [3.8, 4) is 0 Å². The predicted molar refractivity (Wildman–Crippen MR) is 86.3 cm³/mol. The summed E-state index contributed by atoms with van der Waals surface area (Å²) in [5.41, 5.74) is 3.62. The molecule has 6 nitrogen and oxygen atoms in total. The number of rotatable bonds is 5. The largest absolute Gasteiger partial charge is 0.481 e. The molecule has 0 saturated heterocycles. The van der Waals surface area contributed by atoms with Crippen LogP contribution in [0.3, 0.4) is 0 Å². The van der Waals surface area contributed by atoms with Crippen molar-refractivity contribution in [3.05, 3.63) is 52.3 Å². The Morgan fingerprint density at radius 1 is 1.26 bits per heavy atom. The average molecular weight is 315 g/mol. The van der Waals surface area contributed by atoms with Crippen LogP contribution in [0.25, 0.3) is 0 Å². The molecule has 2 N–H and O–H groups in total. The van der Waals surface area contributed by atoms with E-state index in [2.05, 4.69) is 10.4 Å². The monoisotopic (exact) mass is 315 g/mol. The van der Waals surface area contributed by atoms with Gasteiger partial charge >= 0.3 is 5.97 Å². The van der Waals surface area contributed by atoms with Gasteiger partial charge in [0.25, 0.3) is 5.91 Å². The Bertz CT molecular complexity index is 750. The van der Waals surface area contributed by atoms with E-state index in [0.717, 1.165) is 16.8 Å². The fourth-order valence-corrected chi connectivity index (χ4v) is 2.72. The molecule has 0 saturated carbocycles. The van der Waals surface area contributed by atoms with Gasteiger partial charge in [0.2, 0.25) is 0 Å². The summed E-state index contributed by atoms with van der Waals surface area (Å²) in [6.45, 7) is 5.48. The van der Waals surface area contributed by atoms with Gasteiger partial charge in [0.1, 0.15) is 0 Å². The van der Waals surface area contributed by atoms with Gasteiger partial charge in [0.15, 0.2) is 0 Å². The van der Waals surface area contributed by atoms with Gasteiger partial charge in [0.05, 0.1) is 23.7 Å². The Kier molecular flexibility index (Phi) is 4.83. The molecule has 0 aliphatic rings. The Hall–Kier alpha value is -2.63. The van der Waals surface area contributed by atoms with Crippen molar-refractivity contribution in [1.29, 1.82) is 0 Å². The lowest BCUT2D eigenvalue weighted by Gasteiger charge is -2.19. The van der Waals surface area contributed by atoms with Crippen LogP contribution in [0.4, 0.5) is 0 Å². The van der Waals surface area contributed by atoms with Crippen molar-refractivity contribution in [2.45, 2.75) is 33.2 Å². The summed E-state index contributed by atoms with van der Waals surface area (Å²) in [5.74, 6) is -1.26. The zero-order chi connectivity index (χ0) is 17.1. The van der Waals surface area contributed by atoms with Crippen molar-refractivity contribution in [3.63, 3.8) is 0 Å². The van der Waals surface area contributed by atoms with Crippen LogP contribution in [0.15, 0.2) is 24.3 Å². The maximum atomic E-state index is 12.6. The molecule has 0 fully saturated rings. The highest BCUT2D eigenvalue weighted by Gasteiger charge is 2.23. The molecule has 6 heteroatoms. The van der Waals surface area contributed by atoms with Crippen LogP contribution in [0.1, 0.15) is 45.3 Å². The van der Waals surface area contributed by atoms with E-state index in [-0.39, 0.29) is 12.3 Å². The first-order chi connectivity index (χ1) is 10.8. The van der Waals surface area contributed by atoms with Gasteiger partial charge < -0.3 is 10.4 Å². The Labute approximate surface area is 135 Å². The van der Waals surface area contributed by atoms with Gasteiger partial charge in [-0.3, -0.25) is 14.3 Å². The van der Waals surface area contributed by atoms with Crippen LogP contribution in [0.2, 0.25) is 0 Å². The highest BCUT2D eigenvalue weighted by molar-refractivity contribution is 5.96. The SMILES string of the molecule is Cc1ccccc1C(CC(=O)O)NC(=O)c1c(C)nn(C)c1C. The fraction of sp³-hybridized carbons (Fsp3) is 0.353. The number of aliphatic carboxylic acids is 1. The fourth-order valence-electron chi connectivity index (χ4n) is 2.72. The molecule has 0 aliphatic carbocycles. The number of hydrogen-bond acceptors (Lipinski definition) is 3. The van der Waals surface area contributed by atoms with Gasteiger partial charge in [0, 0.05) is 12.7 Å². The first kappa shape index (κ1) is 16.7. The second-order valence-electron chi connectivity index (χ2n) is 5.65. The Morgan fingerprint density at radius 2 is 1.91 bits per heavy atom. The summed E-state index contributed by atoms with van der Waals surface area (Å²) in [4.78, 5) is 23.8. The molecular formula is C17H21N3O3. The van der Waals surface area contributed by atoms with Crippen molar-refractivity contribution >= 4 is 11.9 Å². The lowest BCUT2D eigenvalue weighted by molar-refractivity contribution is -0.137. The molecule has 1 unspecified atom stereocenters. The van der Waals surface area contributed by atoms with Crippen LogP contribution in [0.5, 0.6) is 0 Å². The zero-order valence-corrected chi connectivity index (χ0v) is 13.8. The third kappa shape index (κ3) is 3.59. The smallest absolute Gasteiger partial charge is 0.305 e. The number of carbonyl (C=O) groups excluding carboxylic acids is 1. The normalized spacial score (nSPS) is 12.0. The number of hydrogen-bond donors (Lipinski definition) is 2. The molecule has 1 atom stereocenters. The van der Waals surface area contributed by atoms with Crippen molar-refractivity contribution in [2.75, 3.05) is 0 Å². The Morgan fingerprint density at radius 3 is 2.43 bits per heavy atom. The molecule has 0 bridgehead atoms. The van der Waals surface area contributed by atoms with Gasteiger partial charge in [-0.15, -0.1) is 0 Å². The summed E-state index contributed by atoms with van der Waals surface area (Å²) in [5, 5.41) is 16.2. The molecule has 2 rings (SSSR count). The lowest BCUT2D eigenvalue weighted by atomic mass is 9.98. The van der Waals surface area contributed by atoms with E-state index in [1.165, 1.54) is 0 Å². The summed E-state index contributed by atoms with van der Waals surface area (Å²) < 4.78 is 1.64. The summed E-state index contributed by atoms with van der Waals surface area (Å²) in [6, 6.07) is 6.88. The number of aryl methyl sites for hydroxylation is 3. The molecule has 0 radical (unpaired) electrons. The molecular weight excluding hydrogens is 294 g/mol. The van der Waals surface area contributed by atoms with Crippen molar-refractivity contribution in [2.24, 2.45) is 7.05 Å². The van der Waals surface area contributed by atoms with E-state index >= 15 is 0 Å². The van der Waals surface area contributed by atoms with E-state index < -0.39 is 12.0 Å². The van der Waals surface area contributed by atoms with E-state index in [1.807, 2.05) is 38.1 Å². The minimum Gasteiger partial charge on any atom is -0.481 e. The summed E-state index contributed by atoms with van der Waals surface area (Å²) in [6.07, 6.45) is -0.172. The van der Waals surface area contributed by atoms with Crippen molar-refractivity contribution < 1.29 is 14.7 Å². The molecule has 1 amide bonds. The first-order valence-electron chi connectivity index (χ1n) is 7.39. The number of carboxylic acids is 1. The van der Waals surface area contributed by atoms with E-state index in [0.29, 0.717) is 11.3 Å². The number of amides is 1. The van der Waals surface area contributed by atoms with Crippen LogP contribution >= 0.6 is 0 Å². The molecule has 1 aromatic carbocycles. The molecule has 2 aromatic rings. The number of carbonyl (C=O) groups is 2. The van der Waals surface area contributed by atoms with Crippen LogP contribution < -0.4 is 5.32 Å². The highest BCUT2D eigenvalue weighted by atomic mass is 16.4. The average Bonchev–Trinajstić information content (AvgIpc) is 2.71. The summed E-state index contributed by atoms with van der Waals surface area (Å²) >= 11 is 0. The summed E-state index contributed by atoms with van der Waals surface area (Å²) in [7, 11) is 1.77. The van der Waals surface area contributed by atoms with Gasteiger partial charge in [-0.25, -0.2) is 0 Å². The lowest BCUT2D eigenvalue weighted by Crippen LogP contribution is -2.31. The molecule has 1 heterocycles. The molecule has 0 spiro atoms. The topological polar surface area (TPSA) is 84.2 Å².